The Hall–Kier alpha value is -3.52. The molecule has 0 saturated carbocycles. The summed E-state index contributed by atoms with van der Waals surface area (Å²) < 4.78 is 1.79. The summed E-state index contributed by atoms with van der Waals surface area (Å²) >= 11 is 0. The molecule has 0 spiro atoms. The fraction of sp³-hybridized carbons (Fsp3) is 0.385. The molecular weight excluding hydrogens is 428 g/mol. The molecule has 0 aliphatic carbocycles. The molecule has 2 aromatic heterocycles. The minimum absolute atomic E-state index is 0.0135. The molecule has 0 atom stereocenters. The van der Waals surface area contributed by atoms with Crippen molar-refractivity contribution >= 4 is 17.5 Å². The maximum absolute atomic E-state index is 13.3. The first-order valence-electron chi connectivity index (χ1n) is 11.8. The quantitative estimate of drug-likeness (QED) is 0.599. The zero-order valence-corrected chi connectivity index (χ0v) is 19.7. The van der Waals surface area contributed by atoms with Crippen LogP contribution < -0.4 is 4.90 Å². The number of fused-ring (bicyclic) bond motifs is 1. The van der Waals surface area contributed by atoms with Crippen molar-refractivity contribution in [3.05, 3.63) is 78.6 Å². The number of hydrogen-bond donors (Lipinski definition) is 0. The van der Waals surface area contributed by atoms with E-state index in [1.54, 1.807) is 36.4 Å². The second-order valence-electron chi connectivity index (χ2n) is 8.69. The number of aromatic nitrogens is 3. The molecule has 8 heteroatoms. The van der Waals surface area contributed by atoms with Gasteiger partial charge in [-0.1, -0.05) is 24.3 Å². The standard InChI is InChI=1S/C26H32N6O2/c1-22(33)32-15-6-13-29(18-23-7-4-10-27-17-23)12-5-14-31(19-24-8-2-3-9-25(24)32)26(34)20-30-16-11-28-21-30/h2-4,7-11,16-17,21H,5-6,12-15,18-20H2,1H3. The fourth-order valence-corrected chi connectivity index (χ4v) is 4.45. The number of anilines is 1. The second kappa shape index (κ2) is 11.6. The van der Waals surface area contributed by atoms with E-state index in [0.29, 0.717) is 19.6 Å². The number of rotatable bonds is 4. The summed E-state index contributed by atoms with van der Waals surface area (Å²) in [4.78, 5) is 40.3. The van der Waals surface area contributed by atoms with Gasteiger partial charge >= 0.3 is 0 Å². The Balaban J connectivity index is 1.58. The van der Waals surface area contributed by atoms with Crippen LogP contribution in [0.15, 0.2) is 67.5 Å². The average molecular weight is 461 g/mol. The molecule has 0 N–H and O–H groups in total. The Morgan fingerprint density at radius 3 is 2.50 bits per heavy atom. The SMILES string of the molecule is CC(=O)N1CCCN(Cc2cccnc2)CCCN(C(=O)Cn2ccnc2)Cc2ccccc21. The molecule has 2 amide bonds. The first-order valence-corrected chi connectivity index (χ1v) is 11.8. The van der Waals surface area contributed by atoms with Crippen LogP contribution in [0.3, 0.4) is 0 Å². The summed E-state index contributed by atoms with van der Waals surface area (Å²) in [6.45, 7) is 6.14. The molecule has 0 unspecified atom stereocenters. The Kier molecular flexibility index (Phi) is 8.04. The van der Waals surface area contributed by atoms with Crippen LogP contribution in [0, 0.1) is 0 Å². The third-order valence-electron chi connectivity index (χ3n) is 6.14. The van der Waals surface area contributed by atoms with E-state index in [-0.39, 0.29) is 18.4 Å². The largest absolute Gasteiger partial charge is 0.337 e. The molecule has 3 aromatic rings. The molecule has 0 bridgehead atoms. The number of imidazole rings is 1. The zero-order chi connectivity index (χ0) is 23.8. The van der Waals surface area contributed by atoms with Crippen molar-refractivity contribution in [2.45, 2.75) is 39.4 Å². The number of amides is 2. The Labute approximate surface area is 200 Å². The second-order valence-corrected chi connectivity index (χ2v) is 8.69. The van der Waals surface area contributed by atoms with Gasteiger partial charge in [0, 0.05) is 76.7 Å². The molecule has 1 aromatic carbocycles. The van der Waals surface area contributed by atoms with Crippen molar-refractivity contribution in [2.75, 3.05) is 31.1 Å². The summed E-state index contributed by atoms with van der Waals surface area (Å²) in [6, 6.07) is 12.0. The van der Waals surface area contributed by atoms with E-state index in [1.165, 1.54) is 0 Å². The Bertz CT molecular complexity index is 1070. The number of pyridine rings is 1. The third-order valence-corrected chi connectivity index (χ3v) is 6.14. The van der Waals surface area contributed by atoms with Gasteiger partial charge in [0.25, 0.3) is 0 Å². The highest BCUT2D eigenvalue weighted by molar-refractivity contribution is 5.92. The van der Waals surface area contributed by atoms with Crippen molar-refractivity contribution in [3.63, 3.8) is 0 Å². The molecule has 178 valence electrons. The summed E-state index contributed by atoms with van der Waals surface area (Å²) in [6.07, 6.45) is 10.6. The van der Waals surface area contributed by atoms with Gasteiger partial charge < -0.3 is 14.4 Å². The highest BCUT2D eigenvalue weighted by Gasteiger charge is 2.21. The maximum Gasteiger partial charge on any atom is 0.242 e. The van der Waals surface area contributed by atoms with Gasteiger partial charge in [0.05, 0.1) is 6.33 Å². The van der Waals surface area contributed by atoms with Crippen LogP contribution in [0.5, 0.6) is 0 Å². The van der Waals surface area contributed by atoms with Gasteiger partial charge in [-0.3, -0.25) is 19.5 Å². The number of carbonyl (C=O) groups excluding carboxylic acids is 2. The normalized spacial score (nSPS) is 15.8. The molecule has 1 aliphatic heterocycles. The van der Waals surface area contributed by atoms with Gasteiger partial charge in [-0.25, -0.2) is 4.98 Å². The van der Waals surface area contributed by atoms with Crippen molar-refractivity contribution in [1.29, 1.82) is 0 Å². The molecule has 3 heterocycles. The summed E-state index contributed by atoms with van der Waals surface area (Å²) in [5.41, 5.74) is 3.04. The van der Waals surface area contributed by atoms with Crippen LogP contribution in [0.1, 0.15) is 30.9 Å². The van der Waals surface area contributed by atoms with Gasteiger partial charge in [-0.2, -0.15) is 0 Å². The summed E-state index contributed by atoms with van der Waals surface area (Å²) in [5, 5.41) is 0. The van der Waals surface area contributed by atoms with Crippen LogP contribution >= 0.6 is 0 Å². The highest BCUT2D eigenvalue weighted by atomic mass is 16.2. The van der Waals surface area contributed by atoms with Gasteiger partial charge in [-0.05, 0) is 36.1 Å². The lowest BCUT2D eigenvalue weighted by Crippen LogP contribution is -2.39. The van der Waals surface area contributed by atoms with E-state index in [1.807, 2.05) is 46.3 Å². The van der Waals surface area contributed by atoms with Gasteiger partial charge in [-0.15, -0.1) is 0 Å². The van der Waals surface area contributed by atoms with E-state index in [9.17, 15) is 9.59 Å². The first-order chi connectivity index (χ1) is 16.6. The van der Waals surface area contributed by atoms with Crippen LogP contribution in [-0.2, 0) is 29.2 Å². The van der Waals surface area contributed by atoms with Crippen molar-refractivity contribution in [3.8, 4) is 0 Å². The molecule has 1 aliphatic rings. The predicted molar refractivity (Wildman–Crippen MR) is 131 cm³/mol. The molecule has 8 nitrogen and oxygen atoms in total. The predicted octanol–water partition coefficient (Wildman–Crippen LogP) is 2.96. The zero-order valence-electron chi connectivity index (χ0n) is 19.7. The summed E-state index contributed by atoms with van der Waals surface area (Å²) in [7, 11) is 0. The first kappa shape index (κ1) is 23.6. The molecular formula is C26H32N6O2. The van der Waals surface area contributed by atoms with Crippen molar-refractivity contribution in [1.82, 2.24) is 24.3 Å². The molecule has 34 heavy (non-hydrogen) atoms. The number of benzene rings is 1. The topological polar surface area (TPSA) is 74.6 Å². The van der Waals surface area contributed by atoms with E-state index in [4.69, 9.17) is 0 Å². The van der Waals surface area contributed by atoms with Gasteiger partial charge in [0.2, 0.25) is 11.8 Å². The molecule has 0 saturated heterocycles. The lowest BCUT2D eigenvalue weighted by Gasteiger charge is -2.31. The molecule has 4 rings (SSSR count). The van der Waals surface area contributed by atoms with E-state index < -0.39 is 0 Å². The van der Waals surface area contributed by atoms with Crippen molar-refractivity contribution < 1.29 is 9.59 Å². The van der Waals surface area contributed by atoms with E-state index >= 15 is 0 Å². The molecule has 0 fully saturated rings. The van der Waals surface area contributed by atoms with Gasteiger partial charge in [0.1, 0.15) is 6.54 Å². The minimum Gasteiger partial charge on any atom is -0.337 e. The highest BCUT2D eigenvalue weighted by Crippen LogP contribution is 2.24. The van der Waals surface area contributed by atoms with Gasteiger partial charge in [0.15, 0.2) is 0 Å². The number of hydrogen-bond acceptors (Lipinski definition) is 5. The number of carbonyl (C=O) groups is 2. The third kappa shape index (κ3) is 6.29. The van der Waals surface area contributed by atoms with E-state index in [0.717, 1.165) is 49.3 Å². The Morgan fingerprint density at radius 2 is 1.76 bits per heavy atom. The average Bonchev–Trinajstić information content (AvgIpc) is 3.34. The maximum atomic E-state index is 13.3. The van der Waals surface area contributed by atoms with Crippen molar-refractivity contribution in [2.24, 2.45) is 0 Å². The number of nitrogens with zero attached hydrogens (tertiary/aromatic N) is 6. The minimum atomic E-state index is 0.0135. The smallest absolute Gasteiger partial charge is 0.242 e. The van der Waals surface area contributed by atoms with E-state index in [2.05, 4.69) is 20.9 Å². The van der Waals surface area contributed by atoms with Crippen LogP contribution in [0.25, 0.3) is 0 Å². The van der Waals surface area contributed by atoms with Crippen LogP contribution in [0.2, 0.25) is 0 Å². The Morgan fingerprint density at radius 1 is 0.941 bits per heavy atom. The lowest BCUT2D eigenvalue weighted by atomic mass is 10.1. The summed E-state index contributed by atoms with van der Waals surface area (Å²) in [5.74, 6) is 0.0534. The fourth-order valence-electron chi connectivity index (χ4n) is 4.45. The lowest BCUT2D eigenvalue weighted by molar-refractivity contribution is -0.132. The number of para-hydroxylation sites is 1. The monoisotopic (exact) mass is 460 g/mol. The van der Waals surface area contributed by atoms with Crippen LogP contribution in [0.4, 0.5) is 5.69 Å². The molecule has 0 radical (unpaired) electrons. The van der Waals surface area contributed by atoms with Crippen LogP contribution in [-0.4, -0.2) is 62.3 Å².